The Morgan fingerprint density at radius 1 is 1.44 bits per heavy atom. The molecule has 0 bridgehead atoms. The van der Waals surface area contributed by atoms with Crippen LogP contribution in [-0.4, -0.2) is 53.1 Å². The number of carboxylic acids is 1. The molecule has 1 saturated heterocycles. The van der Waals surface area contributed by atoms with Crippen LogP contribution in [0.1, 0.15) is 20.3 Å². The Bertz CT molecular complexity index is 364. The third kappa shape index (κ3) is 3.95. The van der Waals surface area contributed by atoms with Crippen molar-refractivity contribution < 1.29 is 18.3 Å². The zero-order chi connectivity index (χ0) is 12.4. The molecule has 0 aromatic heterocycles. The minimum absolute atomic E-state index is 0.0630. The molecule has 0 atom stereocenters. The second-order valence-electron chi connectivity index (χ2n) is 4.41. The molecule has 0 spiro atoms. The molecule has 0 aromatic carbocycles. The largest absolute Gasteiger partial charge is 0.480 e. The van der Waals surface area contributed by atoms with Gasteiger partial charge in [-0.2, -0.15) is 11.8 Å². The van der Waals surface area contributed by atoms with Crippen molar-refractivity contribution in [3.8, 4) is 0 Å². The molecule has 94 valence electrons. The molecule has 1 N–H and O–H groups in total. The Morgan fingerprint density at radius 2 is 2.06 bits per heavy atom. The van der Waals surface area contributed by atoms with Gasteiger partial charge >= 0.3 is 5.97 Å². The Balaban J connectivity index is 2.71. The quantitative estimate of drug-likeness (QED) is 0.811. The normalized spacial score (nSPS) is 22.6. The molecular formula is C9H17NO4S2. The number of thioether (sulfide) groups is 1. The maximum Gasteiger partial charge on any atom is 0.320 e. The molecule has 1 aliphatic heterocycles. The summed E-state index contributed by atoms with van der Waals surface area (Å²) in [6.45, 7) is 4.97. The van der Waals surface area contributed by atoms with E-state index in [1.54, 1.807) is 11.8 Å². The van der Waals surface area contributed by atoms with Gasteiger partial charge in [0, 0.05) is 23.6 Å². The lowest BCUT2D eigenvalue weighted by molar-refractivity contribution is -0.134. The summed E-state index contributed by atoms with van der Waals surface area (Å²) in [5.74, 6) is -1.39. The van der Waals surface area contributed by atoms with Crippen molar-refractivity contribution in [1.82, 2.24) is 4.31 Å². The van der Waals surface area contributed by atoms with Gasteiger partial charge in [-0.05, 0) is 6.42 Å². The monoisotopic (exact) mass is 267 g/mol. The summed E-state index contributed by atoms with van der Waals surface area (Å²) in [6.07, 6.45) is 0.747. The Labute approximate surface area is 100 Å². The first-order valence-corrected chi connectivity index (χ1v) is 7.66. The van der Waals surface area contributed by atoms with Crippen molar-refractivity contribution in [3.63, 3.8) is 0 Å². The van der Waals surface area contributed by atoms with Gasteiger partial charge in [-0.25, -0.2) is 12.7 Å². The van der Waals surface area contributed by atoms with Crippen molar-refractivity contribution in [3.05, 3.63) is 0 Å². The van der Waals surface area contributed by atoms with Crippen LogP contribution in [-0.2, 0) is 14.8 Å². The molecule has 0 aromatic rings. The maximum absolute atomic E-state index is 11.7. The molecule has 0 saturated carbocycles. The Morgan fingerprint density at radius 3 is 2.62 bits per heavy atom. The topological polar surface area (TPSA) is 74.7 Å². The van der Waals surface area contributed by atoms with Gasteiger partial charge in [0.2, 0.25) is 10.0 Å². The van der Waals surface area contributed by atoms with E-state index in [1.807, 2.05) is 0 Å². The minimum atomic E-state index is -3.64. The number of sulfonamides is 1. The van der Waals surface area contributed by atoms with E-state index in [9.17, 15) is 13.2 Å². The first-order valence-electron chi connectivity index (χ1n) is 5.06. The van der Waals surface area contributed by atoms with Crippen molar-refractivity contribution in [2.24, 2.45) is 0 Å². The standard InChI is InChI=1S/C9H17NO4S2/c1-9(2)3-4-10(5-6-15-9)16(13,14)7-8(11)12/h3-7H2,1-2H3,(H,11,12). The van der Waals surface area contributed by atoms with E-state index in [-0.39, 0.29) is 4.75 Å². The zero-order valence-electron chi connectivity index (χ0n) is 9.47. The van der Waals surface area contributed by atoms with Gasteiger partial charge in [0.25, 0.3) is 0 Å². The summed E-state index contributed by atoms with van der Waals surface area (Å²) in [6, 6.07) is 0. The van der Waals surface area contributed by atoms with Crippen molar-refractivity contribution in [2.75, 3.05) is 24.6 Å². The van der Waals surface area contributed by atoms with Crippen molar-refractivity contribution in [2.45, 2.75) is 25.0 Å². The third-order valence-corrected chi connectivity index (χ3v) is 5.63. The highest BCUT2D eigenvalue weighted by Gasteiger charge is 2.30. The van der Waals surface area contributed by atoms with Crippen LogP contribution in [0.5, 0.6) is 0 Å². The van der Waals surface area contributed by atoms with Gasteiger partial charge in [-0.1, -0.05) is 13.8 Å². The molecule has 1 fully saturated rings. The molecule has 16 heavy (non-hydrogen) atoms. The van der Waals surface area contributed by atoms with Crippen LogP contribution in [0, 0.1) is 0 Å². The highest BCUT2D eigenvalue weighted by Crippen LogP contribution is 2.31. The lowest BCUT2D eigenvalue weighted by atomic mass is 10.1. The second kappa shape index (κ2) is 4.93. The van der Waals surface area contributed by atoms with E-state index in [0.717, 1.165) is 6.42 Å². The molecular weight excluding hydrogens is 250 g/mol. The van der Waals surface area contributed by atoms with Gasteiger partial charge < -0.3 is 5.11 Å². The number of aliphatic carboxylic acids is 1. The van der Waals surface area contributed by atoms with Crippen molar-refractivity contribution >= 4 is 27.8 Å². The second-order valence-corrected chi connectivity index (χ2v) is 8.18. The summed E-state index contributed by atoms with van der Waals surface area (Å²) in [5, 5.41) is 8.54. The first-order chi connectivity index (χ1) is 7.23. The molecule has 0 aliphatic carbocycles. The van der Waals surface area contributed by atoms with Crippen LogP contribution in [0.4, 0.5) is 0 Å². The highest BCUT2D eigenvalue weighted by molar-refractivity contribution is 8.00. The van der Waals surface area contributed by atoms with E-state index >= 15 is 0 Å². The summed E-state index contributed by atoms with van der Waals surface area (Å²) >= 11 is 1.73. The van der Waals surface area contributed by atoms with Crippen LogP contribution >= 0.6 is 11.8 Å². The molecule has 1 aliphatic rings. The number of carboxylic acid groups (broad SMARTS) is 1. The molecule has 5 nitrogen and oxygen atoms in total. The fraction of sp³-hybridized carbons (Fsp3) is 0.889. The van der Waals surface area contributed by atoms with Gasteiger partial charge in [0.1, 0.15) is 0 Å². The van der Waals surface area contributed by atoms with Gasteiger partial charge in [-0.3, -0.25) is 4.79 Å². The average Bonchev–Trinajstić information content (AvgIpc) is 2.24. The van der Waals surface area contributed by atoms with E-state index in [0.29, 0.717) is 18.8 Å². The summed E-state index contributed by atoms with van der Waals surface area (Å²) in [7, 11) is -3.64. The lowest BCUT2D eigenvalue weighted by Crippen LogP contribution is -2.37. The van der Waals surface area contributed by atoms with Crippen LogP contribution in [0.3, 0.4) is 0 Å². The summed E-state index contributed by atoms with van der Waals surface area (Å²) in [5.41, 5.74) is 0. The summed E-state index contributed by atoms with van der Waals surface area (Å²) in [4.78, 5) is 10.5. The Kier molecular flexibility index (Phi) is 4.25. The third-order valence-electron chi connectivity index (χ3n) is 2.50. The molecule has 0 unspecified atom stereocenters. The predicted octanol–water partition coefficient (Wildman–Crippen LogP) is 0.618. The SMILES string of the molecule is CC1(C)CCN(S(=O)(=O)CC(=O)O)CCS1. The van der Waals surface area contributed by atoms with Gasteiger partial charge in [-0.15, -0.1) is 0 Å². The fourth-order valence-electron chi connectivity index (χ4n) is 1.53. The van der Waals surface area contributed by atoms with Crippen LogP contribution in [0.2, 0.25) is 0 Å². The lowest BCUT2D eigenvalue weighted by Gasteiger charge is -2.21. The average molecular weight is 267 g/mol. The van der Waals surface area contributed by atoms with E-state index < -0.39 is 21.7 Å². The number of hydrogen-bond donors (Lipinski definition) is 1. The highest BCUT2D eigenvalue weighted by atomic mass is 32.2. The van der Waals surface area contributed by atoms with Gasteiger partial charge in [0.15, 0.2) is 5.75 Å². The smallest absolute Gasteiger partial charge is 0.320 e. The number of hydrogen-bond acceptors (Lipinski definition) is 4. The van der Waals surface area contributed by atoms with Crippen LogP contribution in [0.15, 0.2) is 0 Å². The minimum Gasteiger partial charge on any atom is -0.480 e. The molecule has 1 rings (SSSR count). The maximum atomic E-state index is 11.7. The number of carbonyl (C=O) groups is 1. The fourth-order valence-corrected chi connectivity index (χ4v) is 3.98. The van der Waals surface area contributed by atoms with Crippen LogP contribution < -0.4 is 0 Å². The van der Waals surface area contributed by atoms with Gasteiger partial charge in [0.05, 0.1) is 0 Å². The predicted molar refractivity (Wildman–Crippen MR) is 64.1 cm³/mol. The number of rotatable bonds is 3. The molecule has 7 heteroatoms. The molecule has 0 amide bonds. The van der Waals surface area contributed by atoms with E-state index in [2.05, 4.69) is 13.8 Å². The van der Waals surface area contributed by atoms with E-state index in [1.165, 1.54) is 4.31 Å². The van der Waals surface area contributed by atoms with E-state index in [4.69, 9.17) is 5.11 Å². The molecule has 1 heterocycles. The zero-order valence-corrected chi connectivity index (χ0v) is 11.1. The van der Waals surface area contributed by atoms with Crippen LogP contribution in [0.25, 0.3) is 0 Å². The molecule has 0 radical (unpaired) electrons. The summed E-state index contributed by atoms with van der Waals surface area (Å²) < 4.78 is 24.7. The Hall–Kier alpha value is -0.270. The van der Waals surface area contributed by atoms with Crippen molar-refractivity contribution in [1.29, 1.82) is 0 Å². The number of nitrogens with zero attached hydrogens (tertiary/aromatic N) is 1. The first kappa shape index (κ1) is 13.8.